The monoisotopic (exact) mass is 210 g/mol. The molecule has 0 spiro atoms. The van der Waals surface area contributed by atoms with Crippen LogP contribution in [-0.2, 0) is 9.53 Å². The third-order valence-electron chi connectivity index (χ3n) is 3.87. The first-order chi connectivity index (χ1) is 6.89. The molecule has 1 aliphatic rings. The Balaban J connectivity index is 2.33. The predicted octanol–water partition coefficient (Wildman–Crippen LogP) is 3.18. The van der Waals surface area contributed by atoms with Gasteiger partial charge in [-0.3, -0.25) is 4.79 Å². The molecule has 1 fully saturated rings. The average Bonchev–Trinajstić information content (AvgIpc) is 2.22. The highest BCUT2D eigenvalue weighted by molar-refractivity contribution is 5.71. The van der Waals surface area contributed by atoms with Crippen LogP contribution in [0.25, 0.3) is 0 Å². The summed E-state index contributed by atoms with van der Waals surface area (Å²) in [5.74, 6) is 0.417. The van der Waals surface area contributed by atoms with Crippen LogP contribution in [0.5, 0.6) is 0 Å². The number of hydrogen-bond acceptors (Lipinski definition) is 2. The van der Waals surface area contributed by atoms with Gasteiger partial charge in [0, 0.05) is 5.92 Å². The SMILES string of the molecule is C=C1CC(COC(=O)C(C)CC)C1(C)C. The van der Waals surface area contributed by atoms with Gasteiger partial charge in [-0.05, 0) is 18.3 Å². The van der Waals surface area contributed by atoms with E-state index in [1.807, 2.05) is 13.8 Å². The lowest BCUT2D eigenvalue weighted by atomic mass is 9.59. The molecule has 1 saturated carbocycles. The Morgan fingerprint density at radius 2 is 2.27 bits per heavy atom. The summed E-state index contributed by atoms with van der Waals surface area (Å²) in [6.45, 7) is 12.8. The fourth-order valence-corrected chi connectivity index (χ4v) is 1.73. The second-order valence-corrected chi connectivity index (χ2v) is 5.17. The third kappa shape index (κ3) is 2.42. The lowest BCUT2D eigenvalue weighted by Gasteiger charge is -2.46. The normalized spacial score (nSPS) is 25.6. The van der Waals surface area contributed by atoms with Crippen molar-refractivity contribution in [1.82, 2.24) is 0 Å². The number of allylic oxidation sites excluding steroid dienone is 1. The fourth-order valence-electron chi connectivity index (χ4n) is 1.73. The molecule has 1 aliphatic carbocycles. The Labute approximate surface area is 92.7 Å². The van der Waals surface area contributed by atoms with E-state index in [1.54, 1.807) is 0 Å². The minimum absolute atomic E-state index is 0.0244. The largest absolute Gasteiger partial charge is 0.465 e. The van der Waals surface area contributed by atoms with Crippen LogP contribution in [0.3, 0.4) is 0 Å². The predicted molar refractivity (Wildman–Crippen MR) is 61.4 cm³/mol. The molecule has 0 aromatic heterocycles. The van der Waals surface area contributed by atoms with Crippen molar-refractivity contribution < 1.29 is 9.53 Å². The molecule has 2 nitrogen and oxygen atoms in total. The maximum absolute atomic E-state index is 11.5. The first-order valence-electron chi connectivity index (χ1n) is 5.74. The molecule has 0 heterocycles. The highest BCUT2D eigenvalue weighted by Crippen LogP contribution is 2.49. The molecule has 0 N–H and O–H groups in total. The minimum Gasteiger partial charge on any atom is -0.465 e. The second-order valence-electron chi connectivity index (χ2n) is 5.17. The van der Waals surface area contributed by atoms with Crippen molar-refractivity contribution in [2.75, 3.05) is 6.61 Å². The number of carbonyl (C=O) groups excluding carboxylic acids is 1. The first kappa shape index (κ1) is 12.3. The van der Waals surface area contributed by atoms with Crippen LogP contribution in [-0.4, -0.2) is 12.6 Å². The average molecular weight is 210 g/mol. The standard InChI is InChI=1S/C13H22O2/c1-6-9(2)12(14)15-8-11-7-10(3)13(11,4)5/h9,11H,3,6-8H2,1-2,4-5H3. The van der Waals surface area contributed by atoms with Gasteiger partial charge in [0.15, 0.2) is 0 Å². The van der Waals surface area contributed by atoms with Crippen LogP contribution in [0.4, 0.5) is 0 Å². The van der Waals surface area contributed by atoms with Crippen LogP contribution >= 0.6 is 0 Å². The van der Waals surface area contributed by atoms with Gasteiger partial charge in [-0.2, -0.15) is 0 Å². The van der Waals surface area contributed by atoms with Crippen LogP contribution in [0.15, 0.2) is 12.2 Å². The number of hydrogen-bond donors (Lipinski definition) is 0. The molecule has 0 bridgehead atoms. The van der Waals surface area contributed by atoms with Crippen molar-refractivity contribution in [3.05, 3.63) is 12.2 Å². The molecule has 0 amide bonds. The van der Waals surface area contributed by atoms with E-state index in [9.17, 15) is 4.79 Å². The van der Waals surface area contributed by atoms with E-state index in [0.29, 0.717) is 12.5 Å². The van der Waals surface area contributed by atoms with E-state index in [4.69, 9.17) is 4.74 Å². The third-order valence-corrected chi connectivity index (χ3v) is 3.87. The van der Waals surface area contributed by atoms with Gasteiger partial charge in [0.1, 0.15) is 0 Å². The van der Waals surface area contributed by atoms with Gasteiger partial charge in [-0.15, -0.1) is 0 Å². The molecule has 0 aromatic rings. The lowest BCUT2D eigenvalue weighted by Crippen LogP contribution is -2.40. The number of rotatable bonds is 4. The summed E-state index contributed by atoms with van der Waals surface area (Å²) in [6.07, 6.45) is 1.85. The molecule has 15 heavy (non-hydrogen) atoms. The van der Waals surface area contributed by atoms with Gasteiger partial charge in [0.25, 0.3) is 0 Å². The molecule has 0 aromatic carbocycles. The van der Waals surface area contributed by atoms with Crippen LogP contribution in [0, 0.1) is 17.3 Å². The van der Waals surface area contributed by atoms with Crippen LogP contribution < -0.4 is 0 Å². The quantitative estimate of drug-likeness (QED) is 0.526. The first-order valence-corrected chi connectivity index (χ1v) is 5.74. The Morgan fingerprint density at radius 1 is 1.67 bits per heavy atom. The summed E-state index contributed by atoms with van der Waals surface area (Å²) in [5, 5.41) is 0. The number of ether oxygens (including phenoxy) is 1. The molecular weight excluding hydrogens is 188 g/mol. The summed E-state index contributed by atoms with van der Waals surface area (Å²) < 4.78 is 5.30. The van der Waals surface area contributed by atoms with Gasteiger partial charge in [0.05, 0.1) is 12.5 Å². The summed E-state index contributed by atoms with van der Waals surface area (Å²) >= 11 is 0. The zero-order chi connectivity index (χ0) is 11.6. The van der Waals surface area contributed by atoms with E-state index in [-0.39, 0.29) is 17.3 Å². The molecular formula is C13H22O2. The van der Waals surface area contributed by atoms with E-state index in [2.05, 4.69) is 20.4 Å². The zero-order valence-corrected chi connectivity index (χ0v) is 10.3. The van der Waals surface area contributed by atoms with Crippen LogP contribution in [0.2, 0.25) is 0 Å². The number of carbonyl (C=O) groups is 1. The fraction of sp³-hybridized carbons (Fsp3) is 0.769. The molecule has 0 radical (unpaired) electrons. The number of esters is 1. The zero-order valence-electron chi connectivity index (χ0n) is 10.3. The molecule has 2 heteroatoms. The second kappa shape index (κ2) is 4.38. The van der Waals surface area contributed by atoms with Gasteiger partial charge >= 0.3 is 5.97 Å². The van der Waals surface area contributed by atoms with Crippen molar-refractivity contribution in [3.63, 3.8) is 0 Å². The smallest absolute Gasteiger partial charge is 0.308 e. The Morgan fingerprint density at radius 3 is 2.67 bits per heavy atom. The molecule has 1 rings (SSSR count). The van der Waals surface area contributed by atoms with Crippen molar-refractivity contribution in [3.8, 4) is 0 Å². The minimum atomic E-state index is -0.0641. The molecule has 0 aliphatic heterocycles. The molecule has 86 valence electrons. The van der Waals surface area contributed by atoms with Gasteiger partial charge in [0.2, 0.25) is 0 Å². The maximum atomic E-state index is 11.5. The Hall–Kier alpha value is -0.790. The van der Waals surface area contributed by atoms with Crippen molar-refractivity contribution >= 4 is 5.97 Å². The summed E-state index contributed by atoms with van der Waals surface area (Å²) in [7, 11) is 0. The maximum Gasteiger partial charge on any atom is 0.308 e. The Kier molecular flexibility index (Phi) is 3.58. The van der Waals surface area contributed by atoms with Gasteiger partial charge in [-0.25, -0.2) is 0 Å². The van der Waals surface area contributed by atoms with E-state index in [0.717, 1.165) is 12.8 Å². The Bertz CT molecular complexity index is 266. The molecule has 0 saturated heterocycles. The molecule has 2 unspecified atom stereocenters. The van der Waals surface area contributed by atoms with Crippen molar-refractivity contribution in [1.29, 1.82) is 0 Å². The van der Waals surface area contributed by atoms with E-state index < -0.39 is 0 Å². The van der Waals surface area contributed by atoms with Gasteiger partial charge < -0.3 is 4.74 Å². The summed E-state index contributed by atoms with van der Waals surface area (Å²) in [5.41, 5.74) is 1.42. The summed E-state index contributed by atoms with van der Waals surface area (Å²) in [6, 6.07) is 0. The highest BCUT2D eigenvalue weighted by Gasteiger charge is 2.42. The topological polar surface area (TPSA) is 26.3 Å². The van der Waals surface area contributed by atoms with Crippen LogP contribution in [0.1, 0.15) is 40.5 Å². The summed E-state index contributed by atoms with van der Waals surface area (Å²) in [4.78, 5) is 11.5. The van der Waals surface area contributed by atoms with Crippen molar-refractivity contribution in [2.45, 2.75) is 40.5 Å². The van der Waals surface area contributed by atoms with E-state index >= 15 is 0 Å². The molecule has 2 atom stereocenters. The van der Waals surface area contributed by atoms with E-state index in [1.165, 1.54) is 5.57 Å². The van der Waals surface area contributed by atoms with Gasteiger partial charge in [-0.1, -0.05) is 39.8 Å². The highest BCUT2D eigenvalue weighted by atomic mass is 16.5. The van der Waals surface area contributed by atoms with Crippen molar-refractivity contribution in [2.24, 2.45) is 17.3 Å². The lowest BCUT2D eigenvalue weighted by molar-refractivity contribution is -0.151.